The average molecular weight is 299 g/mol. The van der Waals surface area contributed by atoms with Crippen LogP contribution in [0.15, 0.2) is 42.7 Å². The fourth-order valence-electron chi connectivity index (χ4n) is 3.22. The number of nitrogens with zero attached hydrogens (tertiary/aromatic N) is 3. The van der Waals surface area contributed by atoms with Crippen LogP contribution in [0.5, 0.6) is 0 Å². The fraction of sp³-hybridized carbons (Fsp3) is 0.412. The van der Waals surface area contributed by atoms with Crippen molar-refractivity contribution in [3.05, 3.63) is 53.9 Å². The third-order valence-electron chi connectivity index (χ3n) is 4.36. The van der Waals surface area contributed by atoms with E-state index in [1.54, 1.807) is 0 Å². The molecule has 0 amide bonds. The number of carboxylic acid groups (broad SMARTS) is 1. The summed E-state index contributed by atoms with van der Waals surface area (Å²) in [5.41, 5.74) is 2.25. The first-order valence-electron chi connectivity index (χ1n) is 7.68. The minimum Gasteiger partial charge on any atom is -0.481 e. The molecule has 116 valence electrons. The molecule has 1 aromatic carbocycles. The van der Waals surface area contributed by atoms with Crippen molar-refractivity contribution in [1.29, 1.82) is 0 Å². The summed E-state index contributed by atoms with van der Waals surface area (Å²) in [5.74, 6) is -0.996. The Morgan fingerprint density at radius 1 is 1.32 bits per heavy atom. The van der Waals surface area contributed by atoms with Crippen LogP contribution < -0.4 is 0 Å². The highest BCUT2D eigenvalue weighted by atomic mass is 16.4. The predicted molar refractivity (Wildman–Crippen MR) is 83.5 cm³/mol. The monoisotopic (exact) mass is 299 g/mol. The first kappa shape index (κ1) is 14.8. The van der Waals surface area contributed by atoms with E-state index in [4.69, 9.17) is 0 Å². The van der Waals surface area contributed by atoms with E-state index in [1.807, 2.05) is 47.4 Å². The zero-order chi connectivity index (χ0) is 15.5. The van der Waals surface area contributed by atoms with Gasteiger partial charge in [0, 0.05) is 43.9 Å². The molecule has 3 rings (SSSR count). The Hall–Kier alpha value is -2.14. The lowest BCUT2D eigenvalue weighted by atomic mass is 9.89. The van der Waals surface area contributed by atoms with Crippen LogP contribution in [0, 0.1) is 5.92 Å². The number of aromatic nitrogens is 2. The second kappa shape index (κ2) is 6.32. The highest BCUT2D eigenvalue weighted by molar-refractivity contribution is 5.72. The number of benzene rings is 1. The van der Waals surface area contributed by atoms with E-state index in [9.17, 15) is 9.90 Å². The van der Waals surface area contributed by atoms with Crippen LogP contribution in [0.3, 0.4) is 0 Å². The Labute approximate surface area is 130 Å². The van der Waals surface area contributed by atoms with Crippen molar-refractivity contribution in [2.75, 3.05) is 13.1 Å². The fourth-order valence-corrected chi connectivity index (χ4v) is 3.22. The standard InChI is InChI=1S/C17H21N3O2/c1-2-20-10-13(8-18-20)9-19-11-15(16(12-19)17(21)22)14-6-4-3-5-7-14/h3-8,10,15-16H,2,9,11-12H2,1H3,(H,21,22)/t15-,16+/m1/s1. The molecule has 0 radical (unpaired) electrons. The number of carbonyl (C=O) groups is 1. The van der Waals surface area contributed by atoms with Crippen molar-refractivity contribution < 1.29 is 9.90 Å². The maximum absolute atomic E-state index is 11.6. The quantitative estimate of drug-likeness (QED) is 0.919. The van der Waals surface area contributed by atoms with Gasteiger partial charge >= 0.3 is 5.97 Å². The number of rotatable bonds is 5. The van der Waals surface area contributed by atoms with Gasteiger partial charge in [-0.25, -0.2) is 0 Å². The van der Waals surface area contributed by atoms with Crippen molar-refractivity contribution in [2.45, 2.75) is 25.9 Å². The molecule has 0 unspecified atom stereocenters. The topological polar surface area (TPSA) is 58.4 Å². The summed E-state index contributed by atoms with van der Waals surface area (Å²) in [6.07, 6.45) is 3.90. The molecule has 0 saturated carbocycles. The van der Waals surface area contributed by atoms with E-state index in [0.29, 0.717) is 6.54 Å². The summed E-state index contributed by atoms with van der Waals surface area (Å²) < 4.78 is 1.90. The zero-order valence-electron chi connectivity index (χ0n) is 12.7. The molecule has 1 aliphatic rings. The SMILES string of the molecule is CCn1cc(CN2C[C@H](C(=O)O)[C@@H](c3ccccc3)C2)cn1. The first-order valence-corrected chi connectivity index (χ1v) is 7.68. The van der Waals surface area contributed by atoms with Gasteiger partial charge in [-0.15, -0.1) is 0 Å². The number of carboxylic acids is 1. The van der Waals surface area contributed by atoms with Crippen molar-refractivity contribution >= 4 is 5.97 Å². The minimum atomic E-state index is -0.708. The van der Waals surface area contributed by atoms with Crippen LogP contribution in [0.25, 0.3) is 0 Å². The van der Waals surface area contributed by atoms with Crippen LogP contribution in [-0.4, -0.2) is 38.8 Å². The van der Waals surface area contributed by atoms with E-state index in [0.717, 1.165) is 30.8 Å². The Morgan fingerprint density at radius 3 is 2.73 bits per heavy atom. The van der Waals surface area contributed by atoms with Gasteiger partial charge in [0.05, 0.1) is 12.1 Å². The van der Waals surface area contributed by atoms with E-state index in [-0.39, 0.29) is 11.8 Å². The van der Waals surface area contributed by atoms with Crippen LogP contribution >= 0.6 is 0 Å². The van der Waals surface area contributed by atoms with Crippen molar-refractivity contribution in [2.24, 2.45) is 5.92 Å². The van der Waals surface area contributed by atoms with Crippen LogP contribution in [-0.2, 0) is 17.9 Å². The number of aryl methyl sites for hydroxylation is 1. The third-order valence-corrected chi connectivity index (χ3v) is 4.36. The Kier molecular flexibility index (Phi) is 4.24. The van der Waals surface area contributed by atoms with E-state index >= 15 is 0 Å². The van der Waals surface area contributed by atoms with E-state index in [1.165, 1.54) is 0 Å². The number of aliphatic carboxylic acids is 1. The summed E-state index contributed by atoms with van der Waals surface area (Å²) >= 11 is 0. The zero-order valence-corrected chi connectivity index (χ0v) is 12.7. The van der Waals surface area contributed by atoms with E-state index in [2.05, 4.69) is 16.9 Å². The lowest BCUT2D eigenvalue weighted by Crippen LogP contribution is -2.23. The lowest BCUT2D eigenvalue weighted by Gasteiger charge is -2.15. The van der Waals surface area contributed by atoms with Gasteiger partial charge in [-0.1, -0.05) is 30.3 Å². The highest BCUT2D eigenvalue weighted by Gasteiger charge is 2.38. The molecule has 1 N–H and O–H groups in total. The normalized spacial score (nSPS) is 22.0. The smallest absolute Gasteiger partial charge is 0.308 e. The Bertz CT molecular complexity index is 638. The molecular formula is C17H21N3O2. The molecule has 2 heterocycles. The van der Waals surface area contributed by atoms with Crippen LogP contribution in [0.4, 0.5) is 0 Å². The molecule has 5 heteroatoms. The summed E-state index contributed by atoms with van der Waals surface area (Å²) in [6, 6.07) is 9.97. The molecular weight excluding hydrogens is 278 g/mol. The molecule has 5 nitrogen and oxygen atoms in total. The molecule has 2 aromatic rings. The number of hydrogen-bond donors (Lipinski definition) is 1. The molecule has 0 aliphatic carbocycles. The molecule has 0 spiro atoms. The molecule has 22 heavy (non-hydrogen) atoms. The molecule has 1 saturated heterocycles. The second-order valence-corrected chi connectivity index (χ2v) is 5.86. The van der Waals surface area contributed by atoms with Gasteiger partial charge in [-0.3, -0.25) is 14.4 Å². The second-order valence-electron chi connectivity index (χ2n) is 5.86. The first-order chi connectivity index (χ1) is 10.7. The minimum absolute atomic E-state index is 0.0555. The van der Waals surface area contributed by atoms with Gasteiger partial charge in [-0.2, -0.15) is 5.10 Å². The van der Waals surface area contributed by atoms with Gasteiger partial charge in [0.25, 0.3) is 0 Å². The summed E-state index contributed by atoms with van der Waals surface area (Å²) in [5, 5.41) is 13.8. The average Bonchev–Trinajstić information content (AvgIpc) is 3.15. The highest BCUT2D eigenvalue weighted by Crippen LogP contribution is 2.33. The predicted octanol–water partition coefficient (Wildman–Crippen LogP) is 2.20. The Balaban J connectivity index is 1.74. The maximum Gasteiger partial charge on any atom is 0.308 e. The van der Waals surface area contributed by atoms with Crippen molar-refractivity contribution in [1.82, 2.24) is 14.7 Å². The molecule has 0 bridgehead atoms. The molecule has 1 fully saturated rings. The Morgan fingerprint density at radius 2 is 2.09 bits per heavy atom. The molecule has 1 aliphatic heterocycles. The molecule has 1 aromatic heterocycles. The van der Waals surface area contributed by atoms with Crippen LogP contribution in [0.1, 0.15) is 24.0 Å². The van der Waals surface area contributed by atoms with Crippen molar-refractivity contribution in [3.63, 3.8) is 0 Å². The van der Waals surface area contributed by atoms with Crippen molar-refractivity contribution in [3.8, 4) is 0 Å². The summed E-state index contributed by atoms with van der Waals surface area (Å²) in [6.45, 7) is 5.03. The van der Waals surface area contributed by atoms with Gasteiger partial charge in [0.2, 0.25) is 0 Å². The number of likely N-dealkylation sites (tertiary alicyclic amines) is 1. The van der Waals surface area contributed by atoms with Gasteiger partial charge in [0.1, 0.15) is 0 Å². The molecule has 2 atom stereocenters. The largest absolute Gasteiger partial charge is 0.481 e. The summed E-state index contributed by atoms with van der Waals surface area (Å²) in [4.78, 5) is 13.8. The maximum atomic E-state index is 11.6. The lowest BCUT2D eigenvalue weighted by molar-refractivity contribution is -0.141. The van der Waals surface area contributed by atoms with Crippen LogP contribution in [0.2, 0.25) is 0 Å². The van der Waals surface area contributed by atoms with E-state index < -0.39 is 5.97 Å². The van der Waals surface area contributed by atoms with Gasteiger partial charge in [0.15, 0.2) is 0 Å². The third kappa shape index (κ3) is 3.04. The van der Waals surface area contributed by atoms with Gasteiger partial charge in [-0.05, 0) is 12.5 Å². The summed E-state index contributed by atoms with van der Waals surface area (Å²) in [7, 11) is 0. The number of hydrogen-bond acceptors (Lipinski definition) is 3. The van der Waals surface area contributed by atoms with Gasteiger partial charge < -0.3 is 5.11 Å².